The Morgan fingerprint density at radius 3 is 2.44 bits per heavy atom. The fraction of sp³-hybridized carbons (Fsp3) is 0.259. The monoisotopic (exact) mass is 426 g/mol. The fourth-order valence-electron chi connectivity index (χ4n) is 4.69. The number of methoxy groups -OCH3 is 1. The van der Waals surface area contributed by atoms with Crippen molar-refractivity contribution in [1.82, 2.24) is 4.90 Å². The molecule has 3 aromatic carbocycles. The van der Waals surface area contributed by atoms with Gasteiger partial charge in [-0.05, 0) is 61.2 Å². The van der Waals surface area contributed by atoms with Gasteiger partial charge in [0.1, 0.15) is 5.75 Å². The Kier molecular flexibility index (Phi) is 5.17. The molecule has 1 N–H and O–H groups in total. The van der Waals surface area contributed by atoms with Gasteiger partial charge in [-0.3, -0.25) is 9.59 Å². The molecule has 0 unspecified atom stereocenters. The minimum atomic E-state index is -0.506. The lowest BCUT2D eigenvalue weighted by atomic mass is 9.78. The molecule has 1 fully saturated rings. The van der Waals surface area contributed by atoms with Crippen LogP contribution in [-0.4, -0.2) is 29.9 Å². The zero-order valence-corrected chi connectivity index (χ0v) is 18.2. The van der Waals surface area contributed by atoms with Crippen LogP contribution in [0.3, 0.4) is 0 Å². The van der Waals surface area contributed by atoms with Crippen LogP contribution < -0.4 is 10.1 Å². The van der Waals surface area contributed by atoms with Gasteiger partial charge < -0.3 is 15.0 Å². The summed E-state index contributed by atoms with van der Waals surface area (Å²) in [5.41, 5.74) is 4.21. The van der Waals surface area contributed by atoms with Crippen LogP contribution in [0.25, 0.3) is 0 Å². The molecule has 1 aliphatic carbocycles. The molecule has 1 heterocycles. The zero-order valence-electron chi connectivity index (χ0n) is 18.2. The summed E-state index contributed by atoms with van der Waals surface area (Å²) in [5, 5.41) is 3.08. The van der Waals surface area contributed by atoms with E-state index in [2.05, 4.69) is 11.4 Å². The second kappa shape index (κ2) is 8.15. The van der Waals surface area contributed by atoms with Crippen LogP contribution >= 0.6 is 0 Å². The molecule has 1 saturated carbocycles. The average Bonchev–Trinajstić information content (AvgIpc) is 3.64. The summed E-state index contributed by atoms with van der Waals surface area (Å²) >= 11 is 0. The maximum atomic E-state index is 13.8. The molecule has 5 rings (SSSR count). The van der Waals surface area contributed by atoms with E-state index < -0.39 is 5.92 Å². The Morgan fingerprint density at radius 1 is 1.00 bits per heavy atom. The van der Waals surface area contributed by atoms with Crippen molar-refractivity contribution in [3.8, 4) is 5.75 Å². The normalized spacial score (nSPS) is 19.9. The Bertz CT molecular complexity index is 1170. The van der Waals surface area contributed by atoms with E-state index >= 15 is 0 Å². The maximum Gasteiger partial charge on any atom is 0.254 e. The molecule has 2 atom stereocenters. The third-order valence-electron chi connectivity index (χ3n) is 6.34. The quantitative estimate of drug-likeness (QED) is 0.619. The first kappa shape index (κ1) is 20.3. The summed E-state index contributed by atoms with van der Waals surface area (Å²) in [6.45, 7) is 2.04. The number of nitrogens with one attached hydrogen (secondary N) is 1. The molecule has 2 aliphatic rings. The van der Waals surface area contributed by atoms with Gasteiger partial charge in [-0.25, -0.2) is 0 Å². The predicted octanol–water partition coefficient (Wildman–Crippen LogP) is 5.09. The molecule has 0 bridgehead atoms. The first-order valence-electron chi connectivity index (χ1n) is 11.0. The molecule has 2 amide bonds. The van der Waals surface area contributed by atoms with Gasteiger partial charge in [-0.15, -0.1) is 0 Å². The smallest absolute Gasteiger partial charge is 0.254 e. The van der Waals surface area contributed by atoms with Crippen molar-refractivity contribution in [1.29, 1.82) is 0 Å². The molecule has 1 aliphatic heterocycles. The lowest BCUT2D eigenvalue weighted by molar-refractivity contribution is -0.119. The largest absolute Gasteiger partial charge is 0.497 e. The van der Waals surface area contributed by atoms with E-state index in [0.717, 1.165) is 35.3 Å². The summed E-state index contributed by atoms with van der Waals surface area (Å²) in [4.78, 5) is 29.3. The van der Waals surface area contributed by atoms with Crippen LogP contribution in [0.4, 0.5) is 5.69 Å². The standard InChI is InChI=1S/C27H26N2O3/c1-17-6-5-7-18(16-17)25-24(26(30)28-19-10-14-21(32-2)15-11-19)22-8-3-4-9-23(22)27(31)29(25)20-12-13-20/h3-11,14-16,20,24-25H,12-13H2,1-2H3,(H,28,30)/t24-,25+/m1/s1. The van der Waals surface area contributed by atoms with Gasteiger partial charge in [0.2, 0.25) is 5.91 Å². The summed E-state index contributed by atoms with van der Waals surface area (Å²) in [6.07, 6.45) is 1.95. The number of carbonyl (C=O) groups excluding carboxylic acids is 2. The Labute approximate surface area is 188 Å². The predicted molar refractivity (Wildman–Crippen MR) is 124 cm³/mol. The number of fused-ring (bicyclic) bond motifs is 1. The number of amides is 2. The van der Waals surface area contributed by atoms with Gasteiger partial charge in [0, 0.05) is 17.3 Å². The van der Waals surface area contributed by atoms with Crippen LogP contribution in [0, 0.1) is 6.92 Å². The van der Waals surface area contributed by atoms with Crippen LogP contribution in [-0.2, 0) is 4.79 Å². The summed E-state index contributed by atoms with van der Waals surface area (Å²) in [5.74, 6) is 0.123. The van der Waals surface area contributed by atoms with Crippen molar-refractivity contribution in [3.05, 3.63) is 95.1 Å². The minimum Gasteiger partial charge on any atom is -0.497 e. The van der Waals surface area contributed by atoms with E-state index in [4.69, 9.17) is 4.74 Å². The molecule has 32 heavy (non-hydrogen) atoms. The second-order valence-electron chi connectivity index (χ2n) is 8.59. The first-order valence-corrected chi connectivity index (χ1v) is 11.0. The maximum absolute atomic E-state index is 13.8. The van der Waals surface area contributed by atoms with Gasteiger partial charge in [-0.1, -0.05) is 48.0 Å². The minimum absolute atomic E-state index is 0.0168. The number of benzene rings is 3. The Hall–Kier alpha value is -3.60. The van der Waals surface area contributed by atoms with Crippen molar-refractivity contribution in [2.45, 2.75) is 37.8 Å². The number of hydrogen-bond acceptors (Lipinski definition) is 3. The van der Waals surface area contributed by atoms with Crippen LogP contribution in [0.2, 0.25) is 0 Å². The third kappa shape index (κ3) is 3.64. The topological polar surface area (TPSA) is 58.6 Å². The number of ether oxygens (including phenoxy) is 1. The molecule has 5 nitrogen and oxygen atoms in total. The lowest BCUT2D eigenvalue weighted by Gasteiger charge is -2.42. The lowest BCUT2D eigenvalue weighted by Crippen LogP contribution is -2.47. The molecule has 0 aromatic heterocycles. The van der Waals surface area contributed by atoms with Crippen molar-refractivity contribution >= 4 is 17.5 Å². The van der Waals surface area contributed by atoms with Crippen molar-refractivity contribution in [3.63, 3.8) is 0 Å². The van der Waals surface area contributed by atoms with Gasteiger partial charge in [-0.2, -0.15) is 0 Å². The number of hydrogen-bond donors (Lipinski definition) is 1. The molecule has 0 radical (unpaired) electrons. The number of nitrogens with zero attached hydrogens (tertiary/aromatic N) is 1. The number of anilines is 1. The SMILES string of the molecule is COc1ccc(NC(=O)[C@@H]2c3ccccc3C(=O)N(C3CC3)[C@H]2c2cccc(C)c2)cc1. The number of carbonyl (C=O) groups is 2. The molecule has 0 saturated heterocycles. The summed E-state index contributed by atoms with van der Waals surface area (Å²) in [7, 11) is 1.61. The number of rotatable bonds is 5. The molecule has 3 aromatic rings. The van der Waals surface area contributed by atoms with Crippen LogP contribution in [0.15, 0.2) is 72.8 Å². The van der Waals surface area contributed by atoms with E-state index in [9.17, 15) is 9.59 Å². The van der Waals surface area contributed by atoms with Gasteiger partial charge in [0.25, 0.3) is 5.91 Å². The van der Waals surface area contributed by atoms with Gasteiger partial charge in [0.05, 0.1) is 19.1 Å². The van der Waals surface area contributed by atoms with E-state index in [1.165, 1.54) is 0 Å². The van der Waals surface area contributed by atoms with Crippen LogP contribution in [0.5, 0.6) is 5.75 Å². The highest BCUT2D eigenvalue weighted by atomic mass is 16.5. The highest BCUT2D eigenvalue weighted by Crippen LogP contribution is 2.48. The highest BCUT2D eigenvalue weighted by molar-refractivity contribution is 6.04. The molecular formula is C27H26N2O3. The molecule has 162 valence electrons. The Morgan fingerprint density at radius 2 is 1.75 bits per heavy atom. The third-order valence-corrected chi connectivity index (χ3v) is 6.34. The number of aryl methyl sites for hydroxylation is 1. The molecular weight excluding hydrogens is 400 g/mol. The van der Waals surface area contributed by atoms with E-state index in [-0.39, 0.29) is 23.9 Å². The highest BCUT2D eigenvalue weighted by Gasteiger charge is 2.49. The van der Waals surface area contributed by atoms with Gasteiger partial charge >= 0.3 is 0 Å². The van der Waals surface area contributed by atoms with E-state index in [1.54, 1.807) is 7.11 Å². The van der Waals surface area contributed by atoms with E-state index in [0.29, 0.717) is 11.3 Å². The first-order chi connectivity index (χ1) is 15.6. The molecule has 0 spiro atoms. The van der Waals surface area contributed by atoms with Crippen LogP contribution in [0.1, 0.15) is 51.8 Å². The zero-order chi connectivity index (χ0) is 22.2. The van der Waals surface area contributed by atoms with Crippen molar-refractivity contribution in [2.24, 2.45) is 0 Å². The van der Waals surface area contributed by atoms with E-state index in [1.807, 2.05) is 78.6 Å². The fourth-order valence-corrected chi connectivity index (χ4v) is 4.69. The second-order valence-corrected chi connectivity index (χ2v) is 8.59. The van der Waals surface area contributed by atoms with Crippen molar-refractivity contribution < 1.29 is 14.3 Å². The Balaban J connectivity index is 1.60. The van der Waals surface area contributed by atoms with Crippen molar-refractivity contribution in [2.75, 3.05) is 12.4 Å². The summed E-state index contributed by atoms with van der Waals surface area (Å²) < 4.78 is 5.23. The summed E-state index contributed by atoms with van der Waals surface area (Å²) in [6, 6.07) is 22.8. The average molecular weight is 427 g/mol. The molecule has 5 heteroatoms. The van der Waals surface area contributed by atoms with Gasteiger partial charge in [0.15, 0.2) is 0 Å².